The van der Waals surface area contributed by atoms with Crippen molar-refractivity contribution < 1.29 is 33.4 Å². The number of rotatable bonds is 18. The highest BCUT2D eigenvalue weighted by Gasteiger charge is 2.42. The molecule has 4 aliphatic heterocycles. The molecule has 366 valence electrons. The van der Waals surface area contributed by atoms with Gasteiger partial charge in [-0.2, -0.15) is 0 Å². The normalized spacial score (nSPS) is 17.8. The van der Waals surface area contributed by atoms with E-state index in [0.717, 1.165) is 64.3 Å². The topological polar surface area (TPSA) is 130 Å². The molecule has 0 spiro atoms. The molecule has 4 heterocycles. The Morgan fingerprint density at radius 1 is 0.800 bits per heavy atom. The Morgan fingerprint density at radius 2 is 1.47 bits per heavy atom. The Kier molecular flexibility index (Phi) is 14.4. The van der Waals surface area contributed by atoms with Crippen LogP contribution in [0, 0.1) is 6.92 Å². The zero-order valence-electron chi connectivity index (χ0n) is 41.2. The Balaban J connectivity index is 0.940. The van der Waals surface area contributed by atoms with Gasteiger partial charge in [0.2, 0.25) is 5.91 Å². The average Bonchev–Trinajstić information content (AvgIpc) is 3.87. The molecule has 5 aromatic rings. The number of nitrogens with zero attached hydrogens (tertiary/aromatic N) is 3. The summed E-state index contributed by atoms with van der Waals surface area (Å²) in [5.74, 6) is 2.55. The van der Waals surface area contributed by atoms with Gasteiger partial charge in [0, 0.05) is 78.6 Å². The zero-order chi connectivity index (χ0) is 49.3. The van der Waals surface area contributed by atoms with E-state index in [9.17, 15) is 19.2 Å². The van der Waals surface area contributed by atoms with Gasteiger partial charge >= 0.3 is 0 Å². The summed E-state index contributed by atoms with van der Waals surface area (Å²) in [6.45, 7) is 11.3. The number of aryl methyl sites for hydroxylation is 1. The molecule has 0 saturated carbocycles. The number of para-hydroxylation sites is 2. The van der Waals surface area contributed by atoms with Gasteiger partial charge in [-0.1, -0.05) is 64.9 Å². The summed E-state index contributed by atoms with van der Waals surface area (Å²) in [5, 5.41) is 6.77. The highest BCUT2D eigenvalue weighted by molar-refractivity contribution is 8.77. The highest BCUT2D eigenvalue weighted by atomic mass is 33.1. The number of carbonyl (C=O) groups is 4. The molecule has 0 aromatic heterocycles. The molecule has 70 heavy (non-hydrogen) atoms. The van der Waals surface area contributed by atoms with Crippen molar-refractivity contribution in [2.75, 3.05) is 51.8 Å². The molecular formula is C56H63N5O7S2. The Hall–Kier alpha value is -6.12. The van der Waals surface area contributed by atoms with Gasteiger partial charge in [-0.25, -0.2) is 0 Å². The van der Waals surface area contributed by atoms with Crippen LogP contribution in [0.15, 0.2) is 91.0 Å². The molecule has 9 rings (SSSR count). The van der Waals surface area contributed by atoms with E-state index in [2.05, 4.69) is 48.4 Å². The van der Waals surface area contributed by atoms with Gasteiger partial charge in [0.05, 0.1) is 41.7 Å². The van der Waals surface area contributed by atoms with Crippen LogP contribution < -0.4 is 39.5 Å². The monoisotopic (exact) mass is 981 g/mol. The van der Waals surface area contributed by atoms with E-state index in [-0.39, 0.29) is 53.8 Å². The predicted molar refractivity (Wildman–Crippen MR) is 284 cm³/mol. The SMILES string of the molecule is CCC(=O)CCCSSC(C)(C)CCC(=O)Nc1cc(COc2cc3c(cc2C)C(=O)N2c4ccccc4C[C@H]2CN3C)cc(COc2cc3c(cc2OC)C(=O)N2c4ccccc4C[C@H]2C(C)N3)c1. The number of anilines is 5. The van der Waals surface area contributed by atoms with E-state index >= 15 is 0 Å². The number of hydrogen-bond acceptors (Lipinski definition) is 11. The molecule has 2 N–H and O–H groups in total. The van der Waals surface area contributed by atoms with Crippen molar-refractivity contribution >= 4 is 73.5 Å². The molecule has 0 bridgehead atoms. The minimum atomic E-state index is -0.151. The third-order valence-corrected chi connectivity index (χ3v) is 17.3. The molecule has 4 aliphatic rings. The number of amides is 3. The van der Waals surface area contributed by atoms with Crippen molar-refractivity contribution in [3.05, 3.63) is 130 Å². The third-order valence-electron chi connectivity index (χ3n) is 13.9. The van der Waals surface area contributed by atoms with Crippen LogP contribution >= 0.6 is 21.6 Å². The largest absolute Gasteiger partial charge is 0.493 e. The first-order valence-electron chi connectivity index (χ1n) is 24.4. The number of ketones is 1. The van der Waals surface area contributed by atoms with Gasteiger partial charge in [0.25, 0.3) is 11.8 Å². The van der Waals surface area contributed by atoms with Crippen molar-refractivity contribution in [3.8, 4) is 17.2 Å². The first kappa shape index (κ1) is 48.9. The van der Waals surface area contributed by atoms with Crippen LogP contribution in [0.25, 0.3) is 0 Å². The van der Waals surface area contributed by atoms with Gasteiger partial charge in [-0.3, -0.25) is 19.2 Å². The number of likely N-dealkylation sites (N-methyl/N-ethyl adjacent to an activating group) is 1. The molecule has 12 nitrogen and oxygen atoms in total. The molecule has 0 aliphatic carbocycles. The number of benzene rings is 5. The minimum Gasteiger partial charge on any atom is -0.493 e. The third kappa shape index (κ3) is 10.3. The van der Waals surface area contributed by atoms with E-state index in [4.69, 9.17) is 14.2 Å². The first-order chi connectivity index (χ1) is 33.7. The van der Waals surface area contributed by atoms with Crippen LogP contribution in [0.2, 0.25) is 0 Å². The van der Waals surface area contributed by atoms with Crippen LogP contribution in [0.1, 0.15) is 108 Å². The summed E-state index contributed by atoms with van der Waals surface area (Å²) in [7, 11) is 7.11. The van der Waals surface area contributed by atoms with Crippen LogP contribution in [0.5, 0.6) is 17.2 Å². The molecule has 3 atom stereocenters. The number of Topliss-reactive ketones (excluding diaryl/α,β-unsaturated/α-hetero) is 1. The van der Waals surface area contributed by atoms with Crippen molar-refractivity contribution in [3.63, 3.8) is 0 Å². The summed E-state index contributed by atoms with van der Waals surface area (Å²) in [4.78, 5) is 59.9. The second-order valence-corrected chi connectivity index (χ2v) is 22.7. The number of methoxy groups -OCH3 is 1. The van der Waals surface area contributed by atoms with E-state index < -0.39 is 0 Å². The van der Waals surface area contributed by atoms with Crippen molar-refractivity contribution in [1.82, 2.24) is 0 Å². The first-order valence-corrected chi connectivity index (χ1v) is 26.7. The number of nitrogens with one attached hydrogen (secondary N) is 2. The molecular weight excluding hydrogens is 919 g/mol. The van der Waals surface area contributed by atoms with Gasteiger partial charge < -0.3 is 39.5 Å². The van der Waals surface area contributed by atoms with Crippen LogP contribution in [0.4, 0.5) is 28.4 Å². The smallest absolute Gasteiger partial charge is 0.260 e. The molecule has 14 heteroatoms. The lowest BCUT2D eigenvalue weighted by Crippen LogP contribution is -2.44. The Labute approximate surface area is 419 Å². The number of carbonyl (C=O) groups excluding carboxylic acids is 4. The molecule has 5 aromatic carbocycles. The molecule has 0 saturated heterocycles. The zero-order valence-corrected chi connectivity index (χ0v) is 42.8. The fourth-order valence-corrected chi connectivity index (χ4v) is 12.8. The lowest BCUT2D eigenvalue weighted by Gasteiger charge is -2.27. The maximum absolute atomic E-state index is 14.2. The molecule has 3 amide bonds. The Morgan fingerprint density at radius 3 is 2.19 bits per heavy atom. The fourth-order valence-electron chi connectivity index (χ4n) is 10.1. The molecule has 1 unspecified atom stereocenters. The summed E-state index contributed by atoms with van der Waals surface area (Å²) >= 11 is 0. The van der Waals surface area contributed by atoms with Crippen molar-refractivity contribution in [2.45, 2.75) is 116 Å². The van der Waals surface area contributed by atoms with Crippen LogP contribution in [-0.4, -0.2) is 72.8 Å². The van der Waals surface area contributed by atoms with Crippen LogP contribution in [-0.2, 0) is 35.6 Å². The summed E-state index contributed by atoms with van der Waals surface area (Å²) < 4.78 is 18.8. The standard InChI is InChI=1S/C56H63N5O7S2/c1-8-42(62)16-13-21-69-70-56(4,5)20-19-53(63)58-40-24-36(32-67-50-30-49-44(22-34(50)2)55(65)60-41(31-59(49)6)26-38-14-9-11-17-46(38)60)23-37(25-40)33-68-52-29-45-43(28-51(52)66-7)54(64)61-47-18-12-10-15-39(47)27-48(61)35(3)57-45/h9-12,14-15,17-18,22-25,28-30,35,41,48,57H,8,13,16,19-21,26-27,31-33H2,1-7H3,(H,58,63)/t35?,41-,48-/m0/s1. The molecule has 0 fully saturated rings. The number of hydrogen-bond donors (Lipinski definition) is 2. The second kappa shape index (κ2) is 20.7. The lowest BCUT2D eigenvalue weighted by atomic mass is 10.0. The van der Waals surface area contributed by atoms with Gasteiger partial charge in [0.1, 0.15) is 24.7 Å². The molecule has 0 radical (unpaired) electrons. The predicted octanol–water partition coefficient (Wildman–Crippen LogP) is 11.2. The maximum atomic E-state index is 14.2. The van der Waals surface area contributed by atoms with Crippen molar-refractivity contribution in [2.24, 2.45) is 0 Å². The summed E-state index contributed by atoms with van der Waals surface area (Å²) in [6.07, 6.45) is 4.61. The van der Waals surface area contributed by atoms with E-state index in [0.29, 0.717) is 77.8 Å². The maximum Gasteiger partial charge on any atom is 0.260 e. The summed E-state index contributed by atoms with van der Waals surface area (Å²) in [6, 6.07) is 29.6. The van der Waals surface area contributed by atoms with E-state index in [1.165, 1.54) is 5.56 Å². The van der Waals surface area contributed by atoms with Crippen LogP contribution in [0.3, 0.4) is 0 Å². The van der Waals surface area contributed by atoms with Gasteiger partial charge in [0.15, 0.2) is 11.5 Å². The second-order valence-electron chi connectivity index (χ2n) is 19.6. The van der Waals surface area contributed by atoms with Gasteiger partial charge in [-0.15, -0.1) is 0 Å². The summed E-state index contributed by atoms with van der Waals surface area (Å²) in [5.41, 5.74) is 9.99. The Bertz CT molecular complexity index is 2830. The quantitative estimate of drug-likeness (QED) is 0.0643. The number of ether oxygens (including phenoxy) is 3. The van der Waals surface area contributed by atoms with E-state index in [1.54, 1.807) is 34.8 Å². The van der Waals surface area contributed by atoms with E-state index in [1.807, 2.05) is 103 Å². The minimum absolute atomic E-state index is 0.00742. The highest BCUT2D eigenvalue weighted by Crippen LogP contribution is 2.44. The fraction of sp³-hybridized carbons (Fsp3) is 0.393. The average molecular weight is 982 g/mol. The van der Waals surface area contributed by atoms with Crippen molar-refractivity contribution in [1.29, 1.82) is 0 Å². The number of fused-ring (bicyclic) bond motifs is 8. The lowest BCUT2D eigenvalue weighted by molar-refractivity contribution is -0.119. The van der Waals surface area contributed by atoms with Gasteiger partial charge in [-0.05, 0) is 124 Å².